The zero-order valence-corrected chi connectivity index (χ0v) is 12.3. The van der Waals surface area contributed by atoms with Crippen molar-refractivity contribution in [2.45, 2.75) is 38.3 Å². The molecule has 0 spiro atoms. The molecule has 1 aromatic heterocycles. The molecule has 1 aliphatic rings. The smallest absolute Gasteiger partial charge is 0.243 e. The zero-order chi connectivity index (χ0) is 14.5. The van der Waals surface area contributed by atoms with Crippen LogP contribution in [0, 0.1) is 0 Å². The first-order valence-electron chi connectivity index (χ1n) is 7.62. The van der Waals surface area contributed by atoms with Crippen LogP contribution in [0.25, 0.3) is 0 Å². The standard InChI is InChI=1S/C16H21N3O2/c1-2-20-14(12-8-4-3-5-9-12)15-18-16(21-19-15)13-10-6-7-11-17-13/h3-5,8-9,13-14,17H,2,6-7,10-11H2,1H3/t13-,14?/m1/s1. The lowest BCUT2D eigenvalue weighted by molar-refractivity contribution is 0.0833. The summed E-state index contributed by atoms with van der Waals surface area (Å²) in [6.07, 6.45) is 3.19. The molecule has 0 amide bonds. The summed E-state index contributed by atoms with van der Waals surface area (Å²) in [5.74, 6) is 1.27. The van der Waals surface area contributed by atoms with Crippen LogP contribution in [-0.4, -0.2) is 23.3 Å². The second-order valence-electron chi connectivity index (χ2n) is 5.24. The van der Waals surface area contributed by atoms with Gasteiger partial charge in [0.25, 0.3) is 0 Å². The molecule has 2 atom stereocenters. The minimum Gasteiger partial charge on any atom is -0.366 e. The number of ether oxygens (including phenoxy) is 1. The molecule has 1 fully saturated rings. The molecule has 2 aromatic rings. The molecule has 0 bridgehead atoms. The minimum atomic E-state index is -0.266. The van der Waals surface area contributed by atoms with E-state index in [9.17, 15) is 0 Å². The van der Waals surface area contributed by atoms with Crippen molar-refractivity contribution in [3.63, 3.8) is 0 Å². The second-order valence-corrected chi connectivity index (χ2v) is 5.24. The van der Waals surface area contributed by atoms with E-state index < -0.39 is 0 Å². The fourth-order valence-electron chi connectivity index (χ4n) is 2.67. The lowest BCUT2D eigenvalue weighted by Crippen LogP contribution is -2.27. The maximum atomic E-state index is 5.81. The largest absolute Gasteiger partial charge is 0.366 e. The third-order valence-corrected chi connectivity index (χ3v) is 3.74. The van der Waals surface area contributed by atoms with Gasteiger partial charge >= 0.3 is 0 Å². The van der Waals surface area contributed by atoms with Crippen LogP contribution in [-0.2, 0) is 4.74 Å². The summed E-state index contributed by atoms with van der Waals surface area (Å²) < 4.78 is 11.3. The molecule has 1 unspecified atom stereocenters. The highest BCUT2D eigenvalue weighted by molar-refractivity contribution is 5.22. The quantitative estimate of drug-likeness (QED) is 0.916. The van der Waals surface area contributed by atoms with Crippen LogP contribution in [0.5, 0.6) is 0 Å². The molecule has 0 radical (unpaired) electrons. The van der Waals surface area contributed by atoms with E-state index in [4.69, 9.17) is 9.26 Å². The third kappa shape index (κ3) is 3.31. The third-order valence-electron chi connectivity index (χ3n) is 3.74. The normalized spacial score (nSPS) is 20.3. The van der Waals surface area contributed by atoms with Gasteiger partial charge in [-0.15, -0.1) is 0 Å². The van der Waals surface area contributed by atoms with Crippen LogP contribution in [0.4, 0.5) is 0 Å². The van der Waals surface area contributed by atoms with E-state index in [1.807, 2.05) is 37.3 Å². The highest BCUT2D eigenvalue weighted by atomic mass is 16.5. The molecule has 1 saturated heterocycles. The van der Waals surface area contributed by atoms with Gasteiger partial charge < -0.3 is 14.6 Å². The van der Waals surface area contributed by atoms with Gasteiger partial charge in [-0.25, -0.2) is 0 Å². The zero-order valence-electron chi connectivity index (χ0n) is 12.3. The Morgan fingerprint density at radius 1 is 1.33 bits per heavy atom. The lowest BCUT2D eigenvalue weighted by atomic mass is 10.1. The van der Waals surface area contributed by atoms with E-state index in [1.165, 1.54) is 12.8 Å². The van der Waals surface area contributed by atoms with Gasteiger partial charge in [0.2, 0.25) is 11.7 Å². The van der Waals surface area contributed by atoms with Crippen LogP contribution < -0.4 is 5.32 Å². The second kappa shape index (κ2) is 6.83. The Kier molecular flexibility index (Phi) is 4.62. The molecule has 5 nitrogen and oxygen atoms in total. The van der Waals surface area contributed by atoms with Gasteiger partial charge in [0.1, 0.15) is 6.10 Å². The first kappa shape index (κ1) is 14.2. The monoisotopic (exact) mass is 287 g/mol. The Labute approximate surface area is 124 Å². The first-order chi connectivity index (χ1) is 10.4. The number of rotatable bonds is 5. The Bertz CT molecular complexity index is 550. The van der Waals surface area contributed by atoms with E-state index >= 15 is 0 Å². The summed E-state index contributed by atoms with van der Waals surface area (Å²) in [5.41, 5.74) is 1.04. The Morgan fingerprint density at radius 2 is 2.19 bits per heavy atom. The fraction of sp³-hybridized carbons (Fsp3) is 0.500. The highest BCUT2D eigenvalue weighted by Crippen LogP contribution is 2.27. The molecule has 112 valence electrons. The molecule has 0 aliphatic carbocycles. The molecule has 3 rings (SSSR count). The first-order valence-corrected chi connectivity index (χ1v) is 7.62. The summed E-state index contributed by atoms with van der Waals surface area (Å²) in [5, 5.41) is 7.56. The molecular formula is C16H21N3O2. The Morgan fingerprint density at radius 3 is 2.90 bits per heavy atom. The van der Waals surface area contributed by atoms with Crippen molar-refractivity contribution in [1.29, 1.82) is 0 Å². The highest BCUT2D eigenvalue weighted by Gasteiger charge is 2.25. The SMILES string of the molecule is CCOC(c1ccccc1)c1noc([C@H]2CCCCN2)n1. The summed E-state index contributed by atoms with van der Waals surface area (Å²) in [7, 11) is 0. The summed E-state index contributed by atoms with van der Waals surface area (Å²) in [4.78, 5) is 4.56. The molecule has 1 aromatic carbocycles. The summed E-state index contributed by atoms with van der Waals surface area (Å²) >= 11 is 0. The summed E-state index contributed by atoms with van der Waals surface area (Å²) in [6, 6.07) is 10.2. The lowest BCUT2D eigenvalue weighted by Gasteiger charge is -2.19. The fourth-order valence-corrected chi connectivity index (χ4v) is 2.67. The molecule has 1 aliphatic heterocycles. The minimum absolute atomic E-state index is 0.179. The maximum absolute atomic E-state index is 5.81. The van der Waals surface area contributed by atoms with Crippen LogP contribution in [0.15, 0.2) is 34.9 Å². The van der Waals surface area contributed by atoms with Crippen LogP contribution >= 0.6 is 0 Å². The van der Waals surface area contributed by atoms with Gasteiger partial charge in [-0.05, 0) is 31.9 Å². The van der Waals surface area contributed by atoms with Crippen LogP contribution in [0.1, 0.15) is 55.6 Å². The molecule has 5 heteroatoms. The average Bonchev–Trinajstić information content (AvgIpc) is 3.04. The average molecular weight is 287 g/mol. The van der Waals surface area contributed by atoms with Crippen molar-refractivity contribution in [2.75, 3.05) is 13.2 Å². The van der Waals surface area contributed by atoms with Crippen LogP contribution in [0.3, 0.4) is 0 Å². The van der Waals surface area contributed by atoms with E-state index in [1.54, 1.807) is 0 Å². The van der Waals surface area contributed by atoms with Crippen LogP contribution in [0.2, 0.25) is 0 Å². The molecule has 2 heterocycles. The molecule has 1 N–H and O–H groups in total. The number of benzene rings is 1. The molecule has 0 saturated carbocycles. The maximum Gasteiger partial charge on any atom is 0.243 e. The number of nitrogens with zero attached hydrogens (tertiary/aromatic N) is 2. The van der Waals surface area contributed by atoms with Crippen molar-refractivity contribution in [2.24, 2.45) is 0 Å². The van der Waals surface area contributed by atoms with Crippen molar-refractivity contribution in [1.82, 2.24) is 15.5 Å². The van der Waals surface area contributed by atoms with E-state index in [-0.39, 0.29) is 12.1 Å². The Balaban J connectivity index is 1.81. The van der Waals surface area contributed by atoms with Crippen molar-refractivity contribution in [3.05, 3.63) is 47.6 Å². The van der Waals surface area contributed by atoms with Gasteiger partial charge in [-0.1, -0.05) is 41.9 Å². The predicted molar refractivity (Wildman–Crippen MR) is 78.8 cm³/mol. The topological polar surface area (TPSA) is 60.2 Å². The van der Waals surface area contributed by atoms with E-state index in [0.29, 0.717) is 18.3 Å². The van der Waals surface area contributed by atoms with Gasteiger partial charge in [0.05, 0.1) is 6.04 Å². The van der Waals surface area contributed by atoms with Crippen molar-refractivity contribution >= 4 is 0 Å². The van der Waals surface area contributed by atoms with Crippen molar-refractivity contribution < 1.29 is 9.26 Å². The van der Waals surface area contributed by atoms with E-state index in [0.717, 1.165) is 18.5 Å². The number of hydrogen-bond donors (Lipinski definition) is 1. The molecular weight excluding hydrogens is 266 g/mol. The predicted octanol–water partition coefficient (Wildman–Crippen LogP) is 3.01. The van der Waals surface area contributed by atoms with Gasteiger partial charge in [-0.2, -0.15) is 4.98 Å². The van der Waals surface area contributed by atoms with Gasteiger partial charge in [0.15, 0.2) is 0 Å². The number of aromatic nitrogens is 2. The number of nitrogens with one attached hydrogen (secondary N) is 1. The van der Waals surface area contributed by atoms with Crippen molar-refractivity contribution in [3.8, 4) is 0 Å². The van der Waals surface area contributed by atoms with E-state index in [2.05, 4.69) is 15.5 Å². The summed E-state index contributed by atoms with van der Waals surface area (Å²) in [6.45, 7) is 3.58. The number of piperidine rings is 1. The Hall–Kier alpha value is -1.72. The van der Waals surface area contributed by atoms with Gasteiger partial charge in [-0.3, -0.25) is 0 Å². The molecule has 21 heavy (non-hydrogen) atoms. The number of hydrogen-bond acceptors (Lipinski definition) is 5. The van der Waals surface area contributed by atoms with Gasteiger partial charge in [0, 0.05) is 6.61 Å².